The summed E-state index contributed by atoms with van der Waals surface area (Å²) in [5.41, 5.74) is 1.77. The van der Waals surface area contributed by atoms with E-state index >= 15 is 0 Å². The van der Waals surface area contributed by atoms with Gasteiger partial charge in [0.05, 0.1) is 0 Å². The Morgan fingerprint density at radius 1 is 1.44 bits per heavy atom. The lowest BCUT2D eigenvalue weighted by Gasteiger charge is -2.28. The summed E-state index contributed by atoms with van der Waals surface area (Å²) < 4.78 is 0. The molecule has 1 heterocycles. The molecule has 1 aliphatic rings. The molecule has 2 atom stereocenters. The summed E-state index contributed by atoms with van der Waals surface area (Å²) in [4.78, 5) is 22.3. The second kappa shape index (κ2) is 4.47. The van der Waals surface area contributed by atoms with Crippen molar-refractivity contribution in [1.82, 2.24) is 5.32 Å². The van der Waals surface area contributed by atoms with Crippen molar-refractivity contribution in [2.45, 2.75) is 19.3 Å². The Kier molecular flexibility index (Phi) is 3.04. The molecule has 0 spiro atoms. The number of rotatable bonds is 2. The Bertz CT molecular complexity index is 414. The highest BCUT2D eigenvalue weighted by Crippen LogP contribution is 2.30. The van der Waals surface area contributed by atoms with Crippen molar-refractivity contribution in [3.63, 3.8) is 0 Å². The quantitative estimate of drug-likeness (QED) is 0.767. The zero-order valence-electron chi connectivity index (χ0n) is 9.27. The van der Waals surface area contributed by atoms with Crippen molar-refractivity contribution in [1.29, 1.82) is 0 Å². The molecular formula is C13H15NO2. The van der Waals surface area contributed by atoms with E-state index in [4.69, 9.17) is 0 Å². The van der Waals surface area contributed by atoms with Crippen molar-refractivity contribution in [2.24, 2.45) is 5.92 Å². The average molecular weight is 217 g/mol. The molecule has 2 unspecified atom stereocenters. The summed E-state index contributed by atoms with van der Waals surface area (Å²) in [5.74, 6) is 0.317. The van der Waals surface area contributed by atoms with E-state index in [1.54, 1.807) is 6.07 Å². The van der Waals surface area contributed by atoms with Gasteiger partial charge in [0.25, 0.3) is 0 Å². The third-order valence-corrected chi connectivity index (χ3v) is 3.25. The van der Waals surface area contributed by atoms with E-state index in [1.165, 1.54) is 0 Å². The number of hydrogen-bond acceptors (Lipinski definition) is 2. The highest BCUT2D eigenvalue weighted by atomic mass is 16.2. The van der Waals surface area contributed by atoms with Gasteiger partial charge in [-0.1, -0.05) is 25.1 Å². The first-order valence-electron chi connectivity index (χ1n) is 5.55. The number of carbonyl (C=O) groups excluding carboxylic acids is 2. The van der Waals surface area contributed by atoms with Gasteiger partial charge in [-0.3, -0.25) is 9.59 Å². The van der Waals surface area contributed by atoms with Crippen molar-refractivity contribution >= 4 is 12.2 Å². The summed E-state index contributed by atoms with van der Waals surface area (Å²) in [5, 5.41) is 2.85. The molecule has 1 aliphatic heterocycles. The fraction of sp³-hybridized carbons (Fsp3) is 0.385. The monoisotopic (exact) mass is 217 g/mol. The molecule has 1 N–H and O–H groups in total. The number of aldehydes is 1. The van der Waals surface area contributed by atoms with Crippen molar-refractivity contribution in [3.05, 3.63) is 35.4 Å². The van der Waals surface area contributed by atoms with E-state index in [9.17, 15) is 9.59 Å². The molecule has 1 saturated heterocycles. The molecule has 3 nitrogen and oxygen atoms in total. The normalized spacial score (nSPS) is 24.9. The first-order chi connectivity index (χ1) is 7.72. The van der Waals surface area contributed by atoms with E-state index in [-0.39, 0.29) is 17.7 Å². The van der Waals surface area contributed by atoms with E-state index in [0.717, 1.165) is 24.8 Å². The molecule has 0 bridgehead atoms. The molecule has 0 saturated carbocycles. The number of amides is 1. The van der Waals surface area contributed by atoms with Crippen LogP contribution in [0.3, 0.4) is 0 Å². The van der Waals surface area contributed by atoms with E-state index in [0.29, 0.717) is 5.56 Å². The van der Waals surface area contributed by atoms with Gasteiger partial charge in [0.15, 0.2) is 0 Å². The van der Waals surface area contributed by atoms with Crippen LogP contribution in [0.5, 0.6) is 0 Å². The van der Waals surface area contributed by atoms with Gasteiger partial charge < -0.3 is 5.32 Å². The van der Waals surface area contributed by atoms with Crippen LogP contribution in [0.2, 0.25) is 0 Å². The van der Waals surface area contributed by atoms with Gasteiger partial charge in [0, 0.05) is 18.0 Å². The predicted octanol–water partition coefficient (Wildman–Crippen LogP) is 1.74. The Labute approximate surface area is 94.9 Å². The molecule has 84 valence electrons. The zero-order valence-corrected chi connectivity index (χ0v) is 9.27. The lowest BCUT2D eigenvalue weighted by molar-refractivity contribution is -0.126. The van der Waals surface area contributed by atoms with Crippen LogP contribution in [-0.2, 0) is 4.79 Å². The molecule has 1 aromatic carbocycles. The maximum absolute atomic E-state index is 11.6. The maximum Gasteiger partial charge on any atom is 0.223 e. The fourth-order valence-corrected chi connectivity index (χ4v) is 2.26. The molecule has 16 heavy (non-hydrogen) atoms. The standard InChI is InChI=1S/C13H15NO2/c1-9-12(5-6-14-13(9)16)11-4-2-3-10(7-11)8-15/h2-4,7-9,12H,5-6H2,1H3,(H,14,16). The van der Waals surface area contributed by atoms with Crippen LogP contribution in [0.1, 0.15) is 35.2 Å². The van der Waals surface area contributed by atoms with Crippen LogP contribution in [0.15, 0.2) is 24.3 Å². The van der Waals surface area contributed by atoms with Crippen molar-refractivity contribution in [3.8, 4) is 0 Å². The maximum atomic E-state index is 11.6. The van der Waals surface area contributed by atoms with Gasteiger partial charge in [-0.25, -0.2) is 0 Å². The summed E-state index contributed by atoms with van der Waals surface area (Å²) >= 11 is 0. The van der Waals surface area contributed by atoms with Crippen LogP contribution in [-0.4, -0.2) is 18.7 Å². The largest absolute Gasteiger partial charge is 0.356 e. The number of benzene rings is 1. The van der Waals surface area contributed by atoms with Crippen molar-refractivity contribution < 1.29 is 9.59 Å². The molecule has 1 aromatic rings. The highest BCUT2D eigenvalue weighted by molar-refractivity contribution is 5.80. The topological polar surface area (TPSA) is 46.2 Å². The first kappa shape index (κ1) is 10.9. The summed E-state index contributed by atoms with van der Waals surface area (Å²) in [7, 11) is 0. The van der Waals surface area contributed by atoms with E-state index < -0.39 is 0 Å². The van der Waals surface area contributed by atoms with Gasteiger partial charge in [-0.05, 0) is 24.0 Å². The highest BCUT2D eigenvalue weighted by Gasteiger charge is 2.28. The van der Waals surface area contributed by atoms with Gasteiger partial charge >= 0.3 is 0 Å². The minimum absolute atomic E-state index is 0.0179. The zero-order chi connectivity index (χ0) is 11.5. The molecule has 3 heteroatoms. The lowest BCUT2D eigenvalue weighted by atomic mass is 9.81. The fourth-order valence-electron chi connectivity index (χ4n) is 2.26. The molecule has 1 amide bonds. The van der Waals surface area contributed by atoms with E-state index in [2.05, 4.69) is 5.32 Å². The minimum atomic E-state index is -0.0179. The van der Waals surface area contributed by atoms with Gasteiger partial charge in [0.2, 0.25) is 5.91 Å². The molecular weight excluding hydrogens is 202 g/mol. The van der Waals surface area contributed by atoms with Crippen LogP contribution in [0, 0.1) is 5.92 Å². The smallest absolute Gasteiger partial charge is 0.223 e. The van der Waals surface area contributed by atoms with E-state index in [1.807, 2.05) is 25.1 Å². The van der Waals surface area contributed by atoms with Crippen LogP contribution in [0.4, 0.5) is 0 Å². The van der Waals surface area contributed by atoms with Gasteiger partial charge in [0.1, 0.15) is 6.29 Å². The number of carbonyl (C=O) groups is 2. The second-order valence-electron chi connectivity index (χ2n) is 4.26. The van der Waals surface area contributed by atoms with Crippen molar-refractivity contribution in [2.75, 3.05) is 6.54 Å². The third-order valence-electron chi connectivity index (χ3n) is 3.25. The average Bonchev–Trinajstić information content (AvgIpc) is 2.33. The van der Waals surface area contributed by atoms with Crippen LogP contribution < -0.4 is 5.32 Å². The second-order valence-corrected chi connectivity index (χ2v) is 4.26. The molecule has 1 fully saturated rings. The summed E-state index contributed by atoms with van der Waals surface area (Å²) in [6.45, 7) is 2.66. The Morgan fingerprint density at radius 3 is 3.00 bits per heavy atom. The Morgan fingerprint density at radius 2 is 2.25 bits per heavy atom. The number of nitrogens with one attached hydrogen (secondary N) is 1. The molecule has 0 radical (unpaired) electrons. The molecule has 0 aromatic heterocycles. The SMILES string of the molecule is CC1C(=O)NCCC1c1cccc(C=O)c1. The number of hydrogen-bond donors (Lipinski definition) is 1. The Balaban J connectivity index is 2.28. The summed E-state index contributed by atoms with van der Waals surface area (Å²) in [6.07, 6.45) is 1.78. The molecule has 0 aliphatic carbocycles. The lowest BCUT2D eigenvalue weighted by Crippen LogP contribution is -2.39. The van der Waals surface area contributed by atoms with Gasteiger partial charge in [-0.15, -0.1) is 0 Å². The Hall–Kier alpha value is -1.64. The summed E-state index contributed by atoms with van der Waals surface area (Å²) in [6, 6.07) is 7.53. The van der Waals surface area contributed by atoms with Gasteiger partial charge in [-0.2, -0.15) is 0 Å². The molecule has 2 rings (SSSR count). The predicted molar refractivity (Wildman–Crippen MR) is 61.4 cm³/mol. The number of piperidine rings is 1. The third kappa shape index (κ3) is 1.98. The minimum Gasteiger partial charge on any atom is -0.356 e. The first-order valence-corrected chi connectivity index (χ1v) is 5.55. The van der Waals surface area contributed by atoms with Crippen LogP contribution in [0.25, 0.3) is 0 Å². The van der Waals surface area contributed by atoms with Crippen LogP contribution >= 0.6 is 0 Å².